The number of nitrogens with one attached hydrogen (secondary N) is 2. The third-order valence-corrected chi connectivity index (χ3v) is 2.02. The first-order chi connectivity index (χ1) is 5.76. The minimum atomic E-state index is -0.465. The van der Waals surface area contributed by atoms with Crippen molar-refractivity contribution in [1.82, 2.24) is 10.6 Å². The zero-order chi connectivity index (χ0) is 9.40. The predicted molar refractivity (Wildman–Crippen MR) is 50.8 cm³/mol. The fourth-order valence-corrected chi connectivity index (χ4v) is 1.17. The van der Waals surface area contributed by atoms with Gasteiger partial charge in [-0.1, -0.05) is 6.42 Å². The number of nitrogens with two attached hydrogens (primary N) is 1. The Kier molecular flexibility index (Phi) is 7.39. The van der Waals surface area contributed by atoms with Crippen LogP contribution in [0.1, 0.15) is 19.3 Å². The molecule has 4 nitrogen and oxygen atoms in total. The van der Waals surface area contributed by atoms with E-state index in [1.54, 1.807) is 7.05 Å². The van der Waals surface area contributed by atoms with Gasteiger partial charge in [-0.15, -0.1) is 0 Å². The number of likely N-dealkylation sites (N-methyl/N-ethyl adjacent to an activating group) is 2. The molecule has 0 aliphatic carbocycles. The van der Waals surface area contributed by atoms with E-state index in [9.17, 15) is 5.11 Å². The van der Waals surface area contributed by atoms with Crippen LogP contribution in [-0.4, -0.2) is 38.0 Å². The van der Waals surface area contributed by atoms with E-state index in [0.717, 1.165) is 25.8 Å². The molecule has 0 heterocycles. The van der Waals surface area contributed by atoms with Crippen LogP contribution in [0.2, 0.25) is 0 Å². The zero-order valence-electron chi connectivity index (χ0n) is 8.01. The van der Waals surface area contributed by atoms with Crippen molar-refractivity contribution in [3.63, 3.8) is 0 Å². The van der Waals surface area contributed by atoms with Crippen molar-refractivity contribution in [3.05, 3.63) is 0 Å². The number of hydrogen-bond donors (Lipinski definition) is 4. The first kappa shape index (κ1) is 11.8. The van der Waals surface area contributed by atoms with Crippen molar-refractivity contribution in [3.8, 4) is 0 Å². The normalized spacial score (nSPS) is 16.0. The van der Waals surface area contributed by atoms with Crippen molar-refractivity contribution in [2.75, 3.05) is 20.6 Å². The van der Waals surface area contributed by atoms with E-state index in [4.69, 9.17) is 5.73 Å². The maximum absolute atomic E-state index is 9.41. The molecule has 2 atom stereocenters. The van der Waals surface area contributed by atoms with Gasteiger partial charge < -0.3 is 16.2 Å². The second-order valence-electron chi connectivity index (χ2n) is 2.91. The summed E-state index contributed by atoms with van der Waals surface area (Å²) in [5.74, 6) is 0. The Morgan fingerprint density at radius 3 is 2.33 bits per heavy atom. The molecule has 0 radical (unpaired) electrons. The monoisotopic (exact) mass is 175 g/mol. The summed E-state index contributed by atoms with van der Waals surface area (Å²) in [6, 6.07) is 0.126. The second kappa shape index (κ2) is 7.49. The maximum atomic E-state index is 9.41. The number of aliphatic hydroxyl groups is 1. The molecule has 0 saturated heterocycles. The molecule has 4 heteroatoms. The van der Waals surface area contributed by atoms with Crippen LogP contribution in [0.25, 0.3) is 0 Å². The molecular formula is C8H21N3O. The summed E-state index contributed by atoms with van der Waals surface area (Å²) >= 11 is 0. The molecule has 74 valence electrons. The molecule has 0 spiro atoms. The van der Waals surface area contributed by atoms with E-state index < -0.39 is 6.23 Å². The standard InChI is InChI=1S/C8H21N3O/c1-10-7(8(12)11-2)5-3-4-6-9/h7-8,10-12H,3-6,9H2,1-2H3. The topological polar surface area (TPSA) is 70.3 Å². The average Bonchev–Trinajstić information content (AvgIpc) is 2.11. The quantitative estimate of drug-likeness (QED) is 0.303. The van der Waals surface area contributed by atoms with Crippen LogP contribution in [-0.2, 0) is 0 Å². The summed E-state index contributed by atoms with van der Waals surface area (Å²) in [6.45, 7) is 0.728. The predicted octanol–water partition coefficient (Wildman–Crippen LogP) is -0.759. The van der Waals surface area contributed by atoms with Gasteiger partial charge in [0, 0.05) is 6.04 Å². The molecule has 0 saturated carbocycles. The first-order valence-electron chi connectivity index (χ1n) is 4.49. The molecule has 0 aromatic carbocycles. The molecule has 0 aliphatic rings. The van der Waals surface area contributed by atoms with Gasteiger partial charge in [-0.3, -0.25) is 5.32 Å². The van der Waals surface area contributed by atoms with E-state index in [0.29, 0.717) is 0 Å². The van der Waals surface area contributed by atoms with Gasteiger partial charge in [0.05, 0.1) is 0 Å². The van der Waals surface area contributed by atoms with Gasteiger partial charge in [-0.2, -0.15) is 0 Å². The van der Waals surface area contributed by atoms with E-state index in [1.165, 1.54) is 0 Å². The fourth-order valence-electron chi connectivity index (χ4n) is 1.17. The molecule has 0 fully saturated rings. The van der Waals surface area contributed by atoms with Crippen molar-refractivity contribution >= 4 is 0 Å². The van der Waals surface area contributed by atoms with E-state index >= 15 is 0 Å². The third-order valence-electron chi connectivity index (χ3n) is 2.02. The lowest BCUT2D eigenvalue weighted by atomic mass is 10.1. The van der Waals surface area contributed by atoms with Crippen LogP contribution in [0, 0.1) is 0 Å². The van der Waals surface area contributed by atoms with Gasteiger partial charge in [0.2, 0.25) is 0 Å². The molecule has 0 aliphatic heterocycles. The minimum Gasteiger partial charge on any atom is -0.377 e. The van der Waals surface area contributed by atoms with Gasteiger partial charge in [-0.05, 0) is 33.5 Å². The second-order valence-corrected chi connectivity index (χ2v) is 2.91. The van der Waals surface area contributed by atoms with E-state index in [2.05, 4.69) is 10.6 Å². The lowest BCUT2D eigenvalue weighted by molar-refractivity contribution is 0.100. The maximum Gasteiger partial charge on any atom is 0.120 e. The number of unbranched alkanes of at least 4 members (excludes halogenated alkanes) is 1. The zero-order valence-corrected chi connectivity index (χ0v) is 8.01. The number of aliphatic hydroxyl groups excluding tert-OH is 1. The van der Waals surface area contributed by atoms with Gasteiger partial charge in [-0.25, -0.2) is 0 Å². The van der Waals surface area contributed by atoms with Crippen LogP contribution in [0.3, 0.4) is 0 Å². The molecule has 5 N–H and O–H groups in total. The Bertz CT molecular complexity index is 100. The summed E-state index contributed by atoms with van der Waals surface area (Å²) < 4.78 is 0. The highest BCUT2D eigenvalue weighted by Gasteiger charge is 2.13. The largest absolute Gasteiger partial charge is 0.377 e. The Morgan fingerprint density at radius 2 is 1.92 bits per heavy atom. The van der Waals surface area contributed by atoms with E-state index in [-0.39, 0.29) is 6.04 Å². The highest BCUT2D eigenvalue weighted by Crippen LogP contribution is 2.02. The van der Waals surface area contributed by atoms with Crippen molar-refractivity contribution in [2.45, 2.75) is 31.5 Å². The van der Waals surface area contributed by atoms with Crippen molar-refractivity contribution in [1.29, 1.82) is 0 Å². The molecule has 0 aromatic heterocycles. The SMILES string of the molecule is CNC(O)C(CCCCN)NC. The summed E-state index contributed by atoms with van der Waals surface area (Å²) in [5.41, 5.74) is 5.37. The van der Waals surface area contributed by atoms with Gasteiger partial charge >= 0.3 is 0 Å². The number of hydrogen-bond acceptors (Lipinski definition) is 4. The van der Waals surface area contributed by atoms with Crippen LogP contribution in [0.15, 0.2) is 0 Å². The Balaban J connectivity index is 3.52. The van der Waals surface area contributed by atoms with Crippen LogP contribution >= 0.6 is 0 Å². The van der Waals surface area contributed by atoms with Gasteiger partial charge in [0.1, 0.15) is 6.23 Å². The minimum absolute atomic E-state index is 0.126. The third kappa shape index (κ3) is 4.66. The van der Waals surface area contributed by atoms with E-state index in [1.807, 2.05) is 7.05 Å². The van der Waals surface area contributed by atoms with Gasteiger partial charge in [0.15, 0.2) is 0 Å². The lowest BCUT2D eigenvalue weighted by Crippen LogP contribution is -2.45. The Hall–Kier alpha value is -0.160. The highest BCUT2D eigenvalue weighted by molar-refractivity contribution is 4.70. The summed E-state index contributed by atoms with van der Waals surface area (Å²) in [4.78, 5) is 0. The molecule has 0 bridgehead atoms. The smallest absolute Gasteiger partial charge is 0.120 e. The number of rotatable bonds is 7. The summed E-state index contributed by atoms with van der Waals surface area (Å²) in [5, 5.41) is 15.3. The lowest BCUT2D eigenvalue weighted by Gasteiger charge is -2.21. The molecule has 0 amide bonds. The Morgan fingerprint density at radius 1 is 1.25 bits per heavy atom. The van der Waals surface area contributed by atoms with Gasteiger partial charge in [0.25, 0.3) is 0 Å². The van der Waals surface area contributed by atoms with Crippen molar-refractivity contribution in [2.24, 2.45) is 5.73 Å². The fraction of sp³-hybridized carbons (Fsp3) is 1.00. The summed E-state index contributed by atoms with van der Waals surface area (Å²) in [7, 11) is 3.60. The van der Waals surface area contributed by atoms with Crippen molar-refractivity contribution < 1.29 is 5.11 Å². The average molecular weight is 175 g/mol. The molecular weight excluding hydrogens is 154 g/mol. The van der Waals surface area contributed by atoms with Crippen LogP contribution in [0.4, 0.5) is 0 Å². The summed E-state index contributed by atoms with van der Waals surface area (Å²) in [6.07, 6.45) is 2.57. The molecule has 0 aromatic rings. The first-order valence-corrected chi connectivity index (χ1v) is 4.49. The molecule has 2 unspecified atom stereocenters. The molecule has 0 rings (SSSR count). The Labute approximate surface area is 74.5 Å². The van der Waals surface area contributed by atoms with Crippen LogP contribution < -0.4 is 16.4 Å². The molecule has 12 heavy (non-hydrogen) atoms. The highest BCUT2D eigenvalue weighted by atomic mass is 16.3. The van der Waals surface area contributed by atoms with Crippen LogP contribution in [0.5, 0.6) is 0 Å².